The van der Waals surface area contributed by atoms with Crippen LogP contribution in [-0.2, 0) is 26.5 Å². The number of hydrogen-bond donors (Lipinski definition) is 1. The van der Waals surface area contributed by atoms with Crippen molar-refractivity contribution in [3.05, 3.63) is 58.1 Å². The topological polar surface area (TPSA) is 83.5 Å². The highest BCUT2D eigenvalue weighted by atomic mass is 35.5. The molecule has 3 rings (SSSR count). The maximum atomic E-state index is 12.5. The average molecular weight is 463 g/mol. The fourth-order valence-corrected chi connectivity index (χ4v) is 6.31. The molecule has 2 aromatic rings. The Morgan fingerprint density at radius 2 is 1.57 bits per heavy atom. The molecule has 2 aromatic carbocycles. The largest absolute Gasteiger partial charge is 0.243 e. The number of nitrogens with zero attached hydrogens (tertiary/aromatic N) is 1. The predicted molar refractivity (Wildman–Crippen MR) is 110 cm³/mol. The van der Waals surface area contributed by atoms with Gasteiger partial charge in [0.05, 0.1) is 9.92 Å². The Hall–Kier alpha value is -1.16. The van der Waals surface area contributed by atoms with E-state index in [4.69, 9.17) is 23.2 Å². The summed E-state index contributed by atoms with van der Waals surface area (Å²) in [4.78, 5) is 0.179. The minimum atomic E-state index is -3.80. The van der Waals surface area contributed by atoms with E-state index in [2.05, 4.69) is 4.72 Å². The van der Waals surface area contributed by atoms with Crippen LogP contribution < -0.4 is 4.72 Å². The molecule has 0 amide bonds. The van der Waals surface area contributed by atoms with Crippen LogP contribution in [0, 0.1) is 0 Å². The van der Waals surface area contributed by atoms with Gasteiger partial charge in [0.15, 0.2) is 0 Å². The molecule has 0 unspecified atom stereocenters. The van der Waals surface area contributed by atoms with Crippen molar-refractivity contribution >= 4 is 43.2 Å². The van der Waals surface area contributed by atoms with E-state index in [1.807, 2.05) is 0 Å². The van der Waals surface area contributed by atoms with E-state index in [1.54, 1.807) is 24.3 Å². The summed E-state index contributed by atoms with van der Waals surface area (Å²) in [5.41, 5.74) is 0.820. The second kappa shape index (κ2) is 8.69. The SMILES string of the molecule is O=S(=O)(NCCc1ccc(S(=O)(=O)N2CCCC2)cc1)c1cc(Cl)ccc1Cl. The molecule has 0 aromatic heterocycles. The molecule has 1 heterocycles. The minimum absolute atomic E-state index is 0.0753. The van der Waals surface area contributed by atoms with Crippen LogP contribution in [0.4, 0.5) is 0 Å². The zero-order valence-corrected chi connectivity index (χ0v) is 18.1. The molecule has 1 N–H and O–H groups in total. The van der Waals surface area contributed by atoms with E-state index >= 15 is 0 Å². The van der Waals surface area contributed by atoms with Crippen molar-refractivity contribution in [3.8, 4) is 0 Å². The Kier molecular flexibility index (Phi) is 6.69. The van der Waals surface area contributed by atoms with Crippen LogP contribution in [0.3, 0.4) is 0 Å². The highest BCUT2D eigenvalue weighted by Gasteiger charge is 2.26. The number of halogens is 2. The normalized spacial score (nSPS) is 15.8. The second-order valence-corrected chi connectivity index (χ2v) is 11.0. The van der Waals surface area contributed by atoms with Gasteiger partial charge in [0.25, 0.3) is 0 Å². The van der Waals surface area contributed by atoms with Crippen LogP contribution >= 0.6 is 23.2 Å². The molecule has 152 valence electrons. The molecule has 1 aliphatic rings. The Labute approximate surface area is 175 Å². The number of benzene rings is 2. The van der Waals surface area contributed by atoms with Crippen LogP contribution in [0.25, 0.3) is 0 Å². The summed E-state index contributed by atoms with van der Waals surface area (Å²) in [6.07, 6.45) is 2.17. The van der Waals surface area contributed by atoms with Crippen molar-refractivity contribution in [3.63, 3.8) is 0 Å². The fourth-order valence-electron chi connectivity index (χ4n) is 3.00. The molecular weight excluding hydrogens is 443 g/mol. The second-order valence-electron chi connectivity index (χ2n) is 6.48. The number of rotatable bonds is 7. The quantitative estimate of drug-likeness (QED) is 0.683. The lowest BCUT2D eigenvalue weighted by Crippen LogP contribution is -2.28. The fraction of sp³-hybridized carbons (Fsp3) is 0.333. The lowest BCUT2D eigenvalue weighted by atomic mass is 10.2. The molecule has 0 saturated carbocycles. The van der Waals surface area contributed by atoms with Gasteiger partial charge in [0.2, 0.25) is 20.0 Å². The predicted octanol–water partition coefficient (Wildman–Crippen LogP) is 3.30. The summed E-state index contributed by atoms with van der Waals surface area (Å²) in [7, 11) is -7.24. The molecule has 1 saturated heterocycles. The number of nitrogens with one attached hydrogen (secondary N) is 1. The Bertz CT molecular complexity index is 1050. The van der Waals surface area contributed by atoms with E-state index in [0.717, 1.165) is 18.4 Å². The van der Waals surface area contributed by atoms with Gasteiger partial charge in [0.1, 0.15) is 4.90 Å². The van der Waals surface area contributed by atoms with Crippen molar-refractivity contribution in [1.29, 1.82) is 0 Å². The van der Waals surface area contributed by atoms with Gasteiger partial charge in [-0.05, 0) is 55.2 Å². The molecule has 0 aliphatic carbocycles. The first kappa shape index (κ1) is 21.5. The third kappa shape index (κ3) is 4.87. The van der Waals surface area contributed by atoms with Gasteiger partial charge in [-0.25, -0.2) is 21.6 Å². The van der Waals surface area contributed by atoms with Crippen molar-refractivity contribution in [1.82, 2.24) is 9.03 Å². The Morgan fingerprint density at radius 1 is 0.929 bits per heavy atom. The van der Waals surface area contributed by atoms with E-state index < -0.39 is 20.0 Å². The van der Waals surface area contributed by atoms with Crippen LogP contribution in [0.5, 0.6) is 0 Å². The third-order valence-electron chi connectivity index (χ3n) is 4.51. The van der Waals surface area contributed by atoms with Crippen molar-refractivity contribution in [2.45, 2.75) is 29.1 Å². The van der Waals surface area contributed by atoms with Gasteiger partial charge < -0.3 is 0 Å². The van der Waals surface area contributed by atoms with Crippen LogP contribution in [0.1, 0.15) is 18.4 Å². The maximum Gasteiger partial charge on any atom is 0.243 e. The van der Waals surface area contributed by atoms with Gasteiger partial charge in [-0.1, -0.05) is 35.3 Å². The first-order chi connectivity index (χ1) is 13.2. The molecule has 0 atom stereocenters. The summed E-state index contributed by atoms with van der Waals surface area (Å²) in [6, 6.07) is 10.8. The van der Waals surface area contributed by atoms with Crippen LogP contribution in [0.15, 0.2) is 52.3 Å². The Morgan fingerprint density at radius 3 is 2.21 bits per heavy atom. The summed E-state index contributed by atoms with van der Waals surface area (Å²) in [6.45, 7) is 1.25. The molecule has 0 bridgehead atoms. The third-order valence-corrected chi connectivity index (χ3v) is 8.61. The highest BCUT2D eigenvalue weighted by molar-refractivity contribution is 7.89. The lowest BCUT2D eigenvalue weighted by Gasteiger charge is -2.15. The van der Waals surface area contributed by atoms with E-state index in [0.29, 0.717) is 19.5 Å². The zero-order chi connectivity index (χ0) is 20.4. The van der Waals surface area contributed by atoms with Gasteiger partial charge in [-0.2, -0.15) is 4.31 Å². The van der Waals surface area contributed by atoms with Gasteiger partial charge in [0, 0.05) is 24.7 Å². The van der Waals surface area contributed by atoms with Crippen molar-refractivity contribution in [2.24, 2.45) is 0 Å². The van der Waals surface area contributed by atoms with Gasteiger partial charge in [-0.3, -0.25) is 0 Å². The maximum absolute atomic E-state index is 12.5. The monoisotopic (exact) mass is 462 g/mol. The van der Waals surface area contributed by atoms with Gasteiger partial charge >= 0.3 is 0 Å². The molecule has 1 aliphatic heterocycles. The summed E-state index contributed by atoms with van der Waals surface area (Å²) < 4.78 is 53.8. The van der Waals surface area contributed by atoms with Crippen LogP contribution in [-0.4, -0.2) is 40.8 Å². The summed E-state index contributed by atoms with van der Waals surface area (Å²) in [5, 5.41) is 0.368. The summed E-state index contributed by atoms with van der Waals surface area (Å²) >= 11 is 11.8. The Balaban J connectivity index is 1.63. The molecular formula is C18H20Cl2N2O4S2. The van der Waals surface area contributed by atoms with Crippen molar-refractivity contribution < 1.29 is 16.8 Å². The highest BCUT2D eigenvalue weighted by Crippen LogP contribution is 2.25. The first-order valence-electron chi connectivity index (χ1n) is 8.74. The van der Waals surface area contributed by atoms with E-state index in [1.165, 1.54) is 22.5 Å². The number of sulfonamides is 2. The van der Waals surface area contributed by atoms with Crippen molar-refractivity contribution in [2.75, 3.05) is 19.6 Å². The van der Waals surface area contributed by atoms with E-state index in [9.17, 15) is 16.8 Å². The zero-order valence-electron chi connectivity index (χ0n) is 14.9. The lowest BCUT2D eigenvalue weighted by molar-refractivity contribution is 0.477. The molecule has 6 nitrogen and oxygen atoms in total. The van der Waals surface area contributed by atoms with Gasteiger partial charge in [-0.15, -0.1) is 0 Å². The standard InChI is InChI=1S/C18H20Cl2N2O4S2/c19-15-5-8-17(20)18(13-15)27(23,24)21-10-9-14-3-6-16(7-4-14)28(25,26)22-11-1-2-12-22/h3-8,13,21H,1-2,9-12H2. The average Bonchev–Trinajstić information content (AvgIpc) is 3.19. The minimum Gasteiger partial charge on any atom is -0.211 e. The van der Waals surface area contributed by atoms with Crippen LogP contribution in [0.2, 0.25) is 10.0 Å². The molecule has 0 radical (unpaired) electrons. The first-order valence-corrected chi connectivity index (χ1v) is 12.4. The van der Waals surface area contributed by atoms with E-state index in [-0.39, 0.29) is 26.4 Å². The molecule has 0 spiro atoms. The number of hydrogen-bond acceptors (Lipinski definition) is 4. The smallest absolute Gasteiger partial charge is 0.211 e. The molecule has 10 heteroatoms. The molecule has 28 heavy (non-hydrogen) atoms. The summed E-state index contributed by atoms with van der Waals surface area (Å²) in [5.74, 6) is 0. The molecule has 1 fully saturated rings.